The SMILES string of the molecule is O=[N+]([O-])c1cccc(F)c1NC1CCCc2cccnc21. The number of halogens is 1. The highest BCUT2D eigenvalue weighted by Gasteiger charge is 2.25. The van der Waals surface area contributed by atoms with Crippen molar-refractivity contribution < 1.29 is 9.31 Å². The van der Waals surface area contributed by atoms with Crippen LogP contribution in [0.4, 0.5) is 15.8 Å². The summed E-state index contributed by atoms with van der Waals surface area (Å²) in [5.41, 5.74) is 1.64. The number of fused-ring (bicyclic) bond motifs is 1. The Hall–Kier alpha value is -2.50. The molecule has 1 unspecified atom stereocenters. The summed E-state index contributed by atoms with van der Waals surface area (Å²) in [5, 5.41) is 14.0. The van der Waals surface area contributed by atoms with E-state index in [1.807, 2.05) is 12.1 Å². The highest BCUT2D eigenvalue weighted by atomic mass is 19.1. The van der Waals surface area contributed by atoms with Crippen molar-refractivity contribution in [3.8, 4) is 0 Å². The molecule has 1 heterocycles. The number of hydrogen-bond donors (Lipinski definition) is 1. The molecule has 0 radical (unpaired) electrons. The van der Waals surface area contributed by atoms with Crippen LogP contribution in [0.2, 0.25) is 0 Å². The van der Waals surface area contributed by atoms with Gasteiger partial charge in [-0.25, -0.2) is 4.39 Å². The third-order valence-electron chi connectivity index (χ3n) is 3.70. The molecule has 6 heteroatoms. The van der Waals surface area contributed by atoms with Crippen molar-refractivity contribution in [1.29, 1.82) is 0 Å². The standard InChI is InChI=1S/C15H14FN3O2/c16-11-6-2-8-13(19(20)21)15(11)18-12-7-1-4-10-5-3-9-17-14(10)12/h2-3,5-6,8-9,12,18H,1,4,7H2. The summed E-state index contributed by atoms with van der Waals surface area (Å²) in [6, 6.07) is 7.51. The van der Waals surface area contributed by atoms with Gasteiger partial charge < -0.3 is 5.32 Å². The Morgan fingerprint density at radius 2 is 2.19 bits per heavy atom. The van der Waals surface area contributed by atoms with Crippen LogP contribution in [0.1, 0.15) is 30.1 Å². The van der Waals surface area contributed by atoms with Crippen LogP contribution in [0.5, 0.6) is 0 Å². The van der Waals surface area contributed by atoms with Crippen LogP contribution in [0, 0.1) is 15.9 Å². The van der Waals surface area contributed by atoms with Crippen molar-refractivity contribution in [2.45, 2.75) is 25.3 Å². The van der Waals surface area contributed by atoms with Gasteiger partial charge >= 0.3 is 0 Å². The molecule has 1 atom stereocenters. The zero-order valence-electron chi connectivity index (χ0n) is 11.3. The van der Waals surface area contributed by atoms with E-state index in [0.717, 1.165) is 30.5 Å². The molecule has 1 aliphatic carbocycles. The molecule has 1 aromatic heterocycles. The maximum atomic E-state index is 14.0. The number of pyridine rings is 1. The summed E-state index contributed by atoms with van der Waals surface area (Å²) < 4.78 is 14.0. The second-order valence-electron chi connectivity index (χ2n) is 5.03. The average molecular weight is 287 g/mol. The van der Waals surface area contributed by atoms with Crippen LogP contribution < -0.4 is 5.32 Å². The zero-order chi connectivity index (χ0) is 14.8. The molecule has 0 amide bonds. The predicted molar refractivity (Wildman–Crippen MR) is 76.6 cm³/mol. The van der Waals surface area contributed by atoms with Crippen molar-refractivity contribution in [1.82, 2.24) is 4.98 Å². The van der Waals surface area contributed by atoms with E-state index < -0.39 is 10.7 Å². The Balaban J connectivity index is 1.97. The first kappa shape index (κ1) is 13.5. The van der Waals surface area contributed by atoms with Gasteiger partial charge in [0.15, 0.2) is 5.82 Å². The van der Waals surface area contributed by atoms with E-state index in [-0.39, 0.29) is 17.4 Å². The van der Waals surface area contributed by atoms with Crippen molar-refractivity contribution in [3.05, 3.63) is 63.7 Å². The van der Waals surface area contributed by atoms with E-state index in [9.17, 15) is 14.5 Å². The normalized spacial score (nSPS) is 17.1. The van der Waals surface area contributed by atoms with Crippen LogP contribution in [0.25, 0.3) is 0 Å². The highest BCUT2D eigenvalue weighted by Crippen LogP contribution is 2.35. The van der Waals surface area contributed by atoms with E-state index in [2.05, 4.69) is 10.3 Å². The zero-order valence-corrected chi connectivity index (χ0v) is 11.3. The molecular formula is C15H14FN3O2. The number of para-hydroxylation sites is 1. The number of benzene rings is 1. The molecule has 0 saturated heterocycles. The smallest absolute Gasteiger partial charge is 0.295 e. The second kappa shape index (κ2) is 5.47. The number of rotatable bonds is 3. The van der Waals surface area contributed by atoms with Crippen LogP contribution in [-0.2, 0) is 6.42 Å². The lowest BCUT2D eigenvalue weighted by atomic mass is 9.91. The highest BCUT2D eigenvalue weighted by molar-refractivity contribution is 5.63. The number of nitrogens with zero attached hydrogens (tertiary/aromatic N) is 2. The number of aryl methyl sites for hydroxylation is 1. The number of anilines is 1. The van der Waals surface area contributed by atoms with Gasteiger partial charge in [0.05, 0.1) is 16.7 Å². The summed E-state index contributed by atoms with van der Waals surface area (Å²) in [6.07, 6.45) is 4.34. The number of nitro groups is 1. The maximum absolute atomic E-state index is 14.0. The van der Waals surface area contributed by atoms with E-state index in [1.54, 1.807) is 6.20 Å². The Morgan fingerprint density at radius 3 is 3.00 bits per heavy atom. The molecule has 0 aliphatic heterocycles. The summed E-state index contributed by atoms with van der Waals surface area (Å²) in [4.78, 5) is 14.8. The summed E-state index contributed by atoms with van der Waals surface area (Å²) in [6.45, 7) is 0. The van der Waals surface area contributed by atoms with Crippen molar-refractivity contribution in [2.24, 2.45) is 0 Å². The minimum Gasteiger partial charge on any atom is -0.369 e. The van der Waals surface area contributed by atoms with E-state index in [0.29, 0.717) is 0 Å². The fourth-order valence-corrected chi connectivity index (χ4v) is 2.73. The molecule has 1 aromatic carbocycles. The topological polar surface area (TPSA) is 68.1 Å². The number of nitrogens with one attached hydrogen (secondary N) is 1. The fraction of sp³-hybridized carbons (Fsp3) is 0.267. The third-order valence-corrected chi connectivity index (χ3v) is 3.70. The first-order valence-electron chi connectivity index (χ1n) is 6.80. The molecule has 0 spiro atoms. The lowest BCUT2D eigenvalue weighted by molar-refractivity contribution is -0.384. The van der Waals surface area contributed by atoms with Gasteiger partial charge in [0.2, 0.25) is 0 Å². The van der Waals surface area contributed by atoms with E-state index >= 15 is 0 Å². The molecular weight excluding hydrogens is 273 g/mol. The first-order chi connectivity index (χ1) is 10.2. The van der Waals surface area contributed by atoms with Gasteiger partial charge in [-0.3, -0.25) is 15.1 Å². The van der Waals surface area contributed by atoms with Gasteiger partial charge in [0.25, 0.3) is 5.69 Å². The van der Waals surface area contributed by atoms with Crippen molar-refractivity contribution in [3.63, 3.8) is 0 Å². The summed E-state index contributed by atoms with van der Waals surface area (Å²) in [7, 11) is 0. The Labute approximate surface area is 121 Å². The van der Waals surface area contributed by atoms with Crippen molar-refractivity contribution >= 4 is 11.4 Å². The molecule has 0 fully saturated rings. The third kappa shape index (κ3) is 2.56. The van der Waals surface area contributed by atoms with Gasteiger partial charge in [0.1, 0.15) is 5.69 Å². The Bertz CT molecular complexity index is 690. The van der Waals surface area contributed by atoms with Gasteiger partial charge in [0, 0.05) is 12.3 Å². The summed E-state index contributed by atoms with van der Waals surface area (Å²) >= 11 is 0. The monoisotopic (exact) mass is 287 g/mol. The molecule has 3 rings (SSSR count). The van der Waals surface area contributed by atoms with E-state index in [1.165, 1.54) is 18.2 Å². The molecule has 21 heavy (non-hydrogen) atoms. The maximum Gasteiger partial charge on any atom is 0.295 e. The Kier molecular flexibility index (Phi) is 3.51. The fourth-order valence-electron chi connectivity index (χ4n) is 2.73. The van der Waals surface area contributed by atoms with Crippen LogP contribution >= 0.6 is 0 Å². The second-order valence-corrected chi connectivity index (χ2v) is 5.03. The molecule has 0 bridgehead atoms. The van der Waals surface area contributed by atoms with Gasteiger partial charge in [-0.15, -0.1) is 0 Å². The molecule has 0 saturated carbocycles. The van der Waals surface area contributed by atoms with Gasteiger partial charge in [-0.05, 0) is 37.0 Å². The number of aromatic nitrogens is 1. The summed E-state index contributed by atoms with van der Waals surface area (Å²) in [5.74, 6) is -0.618. The van der Waals surface area contributed by atoms with Crippen LogP contribution in [0.15, 0.2) is 36.5 Å². The Morgan fingerprint density at radius 1 is 1.33 bits per heavy atom. The minimum absolute atomic E-state index is 0.0639. The lowest BCUT2D eigenvalue weighted by Crippen LogP contribution is -2.20. The molecule has 108 valence electrons. The first-order valence-corrected chi connectivity index (χ1v) is 6.80. The molecule has 1 aliphatic rings. The van der Waals surface area contributed by atoms with Gasteiger partial charge in [-0.1, -0.05) is 12.1 Å². The molecule has 2 aromatic rings. The average Bonchev–Trinajstić information content (AvgIpc) is 2.49. The minimum atomic E-state index is -0.618. The largest absolute Gasteiger partial charge is 0.369 e. The predicted octanol–water partition coefficient (Wildman–Crippen LogP) is 3.62. The van der Waals surface area contributed by atoms with Crippen LogP contribution in [0.3, 0.4) is 0 Å². The van der Waals surface area contributed by atoms with Crippen LogP contribution in [-0.4, -0.2) is 9.91 Å². The van der Waals surface area contributed by atoms with Crippen molar-refractivity contribution in [2.75, 3.05) is 5.32 Å². The quantitative estimate of drug-likeness (QED) is 0.691. The number of hydrogen-bond acceptors (Lipinski definition) is 4. The molecule has 5 nitrogen and oxygen atoms in total. The lowest BCUT2D eigenvalue weighted by Gasteiger charge is -2.26. The molecule has 1 N–H and O–H groups in total. The van der Waals surface area contributed by atoms with Gasteiger partial charge in [-0.2, -0.15) is 0 Å². The van der Waals surface area contributed by atoms with E-state index in [4.69, 9.17) is 0 Å². The number of nitro benzene ring substituents is 1.